The Balaban J connectivity index is 1.88. The topological polar surface area (TPSA) is 80.7 Å². The molecule has 9 atom stereocenters. The molecule has 0 spiro atoms. The molecule has 1 N–H and O–H groups in total. The number of carbonyl (C=O) groups excluding carboxylic acids is 3. The van der Waals surface area contributed by atoms with Gasteiger partial charge in [-0.3, -0.25) is 14.4 Å². The zero-order chi connectivity index (χ0) is 24.6. The third-order valence-electron chi connectivity index (χ3n) is 9.22. The minimum atomic E-state index is -2.23. The average molecular weight is 483 g/mol. The number of hydrogen-bond acceptors (Lipinski definition) is 6. The van der Waals surface area contributed by atoms with Crippen molar-refractivity contribution in [3.8, 4) is 0 Å². The monoisotopic (exact) mass is 482 g/mol. The average Bonchev–Trinajstić information content (AvgIpc) is 2.98. The van der Waals surface area contributed by atoms with Crippen molar-refractivity contribution in [3.63, 3.8) is 0 Å². The summed E-state index contributed by atoms with van der Waals surface area (Å²) in [4.78, 5) is 37.8. The van der Waals surface area contributed by atoms with Crippen LogP contribution in [0.2, 0.25) is 0 Å². The molecular formula is C25H32F2O5S. The second-order valence-electron chi connectivity index (χ2n) is 10.6. The van der Waals surface area contributed by atoms with Crippen LogP contribution in [-0.4, -0.2) is 51.8 Å². The smallest absolute Gasteiger partial charge is 0.306 e. The van der Waals surface area contributed by atoms with Crippen molar-refractivity contribution in [1.82, 2.24) is 0 Å². The van der Waals surface area contributed by atoms with Gasteiger partial charge in [-0.15, -0.1) is 0 Å². The summed E-state index contributed by atoms with van der Waals surface area (Å²) in [6, 6.07) is 0. The summed E-state index contributed by atoms with van der Waals surface area (Å²) in [6.07, 6.45) is 2.45. The Morgan fingerprint density at radius 1 is 1.27 bits per heavy atom. The number of fused-ring (bicyclic) bond motifs is 5. The highest BCUT2D eigenvalue weighted by Crippen LogP contribution is 2.72. The summed E-state index contributed by atoms with van der Waals surface area (Å²) in [6.45, 7) is 6.78. The number of esters is 1. The molecule has 182 valence electrons. The lowest BCUT2D eigenvalue weighted by molar-refractivity contribution is -0.228. The number of alkyl halides is 2. The highest BCUT2D eigenvalue weighted by Gasteiger charge is 2.78. The van der Waals surface area contributed by atoms with E-state index in [1.165, 1.54) is 12.2 Å². The van der Waals surface area contributed by atoms with E-state index >= 15 is 8.78 Å². The van der Waals surface area contributed by atoms with Gasteiger partial charge >= 0.3 is 5.97 Å². The van der Waals surface area contributed by atoms with Crippen molar-refractivity contribution in [2.75, 3.05) is 6.26 Å². The molecule has 0 aliphatic heterocycles. The maximum atomic E-state index is 17.2. The highest BCUT2D eigenvalue weighted by molar-refractivity contribution is 8.13. The van der Waals surface area contributed by atoms with Crippen LogP contribution >= 0.6 is 11.8 Å². The Morgan fingerprint density at radius 2 is 1.94 bits per heavy atom. The second-order valence-corrected chi connectivity index (χ2v) is 11.3. The molecule has 4 aliphatic rings. The molecule has 0 aromatic rings. The van der Waals surface area contributed by atoms with E-state index in [2.05, 4.69) is 0 Å². The molecule has 0 heterocycles. The van der Waals surface area contributed by atoms with E-state index in [1.807, 2.05) is 6.92 Å². The largest absolute Gasteiger partial charge is 0.449 e. The zero-order valence-corrected chi connectivity index (χ0v) is 20.5. The Kier molecular flexibility index (Phi) is 5.76. The summed E-state index contributed by atoms with van der Waals surface area (Å²) in [5.41, 5.74) is -6.25. The maximum absolute atomic E-state index is 17.2. The van der Waals surface area contributed by atoms with E-state index in [0.717, 1.165) is 17.8 Å². The number of halogens is 2. The molecule has 0 amide bonds. The van der Waals surface area contributed by atoms with Crippen molar-refractivity contribution in [1.29, 1.82) is 0 Å². The first-order chi connectivity index (χ1) is 15.3. The molecule has 0 radical (unpaired) electrons. The summed E-state index contributed by atoms with van der Waals surface area (Å²) in [7, 11) is 0. The fourth-order valence-corrected chi connectivity index (χ4v) is 8.40. The predicted molar refractivity (Wildman–Crippen MR) is 121 cm³/mol. The molecule has 3 fully saturated rings. The lowest BCUT2D eigenvalue weighted by Gasteiger charge is -2.63. The first-order valence-corrected chi connectivity index (χ1v) is 12.8. The number of thioether (sulfide) groups is 1. The number of rotatable bonds is 3. The van der Waals surface area contributed by atoms with Crippen molar-refractivity contribution < 1.29 is 33.0 Å². The second kappa shape index (κ2) is 7.74. The van der Waals surface area contributed by atoms with Gasteiger partial charge in [0.2, 0.25) is 5.12 Å². The standard InChI is InChI=1S/C25H32F2O5S/c1-6-20(30)32-25(21(31)33-5)13(2)9-15-16-11-18(26)17-10-14(28)7-8-22(17,3)24(16,27)19(29)12-23(15,25)4/h7-8,10,13,15-16,18-19,29H,6,9,11-12H2,1-5H3. The molecular weight excluding hydrogens is 450 g/mol. The Hall–Kier alpha value is -1.54. The Bertz CT molecular complexity index is 964. The number of hydrogen-bond donors (Lipinski definition) is 1. The van der Waals surface area contributed by atoms with E-state index in [9.17, 15) is 19.5 Å². The van der Waals surface area contributed by atoms with Crippen LogP contribution in [0.5, 0.6) is 0 Å². The highest BCUT2D eigenvalue weighted by atomic mass is 32.2. The molecule has 8 heteroatoms. The van der Waals surface area contributed by atoms with Crippen LogP contribution < -0.4 is 0 Å². The molecule has 9 unspecified atom stereocenters. The van der Waals surface area contributed by atoms with Gasteiger partial charge in [0.15, 0.2) is 17.1 Å². The summed E-state index contributed by atoms with van der Waals surface area (Å²) in [5, 5.41) is 11.1. The third kappa shape index (κ3) is 2.89. The predicted octanol–water partition coefficient (Wildman–Crippen LogP) is 4.13. The number of carbonyl (C=O) groups is 3. The summed E-state index contributed by atoms with van der Waals surface area (Å²) in [5.74, 6) is -2.77. The first kappa shape index (κ1) is 24.6. The lowest BCUT2D eigenvalue weighted by Crippen LogP contribution is -2.70. The van der Waals surface area contributed by atoms with Crippen LogP contribution in [0.3, 0.4) is 0 Å². The fourth-order valence-electron chi connectivity index (χ4n) is 7.62. The van der Waals surface area contributed by atoms with Gasteiger partial charge in [-0.1, -0.05) is 38.6 Å². The molecule has 0 aromatic heterocycles. The number of aliphatic hydroxyl groups is 1. The third-order valence-corrected chi connectivity index (χ3v) is 9.89. The molecule has 5 nitrogen and oxygen atoms in total. The SMILES string of the molecule is CCC(=O)OC1(C(=O)SC)C(C)CC2C3CC(F)C4=CC(=O)C=CC4(C)C3(F)C(O)CC21C. The molecule has 0 bridgehead atoms. The molecule has 4 rings (SSSR count). The Morgan fingerprint density at radius 3 is 2.55 bits per heavy atom. The van der Waals surface area contributed by atoms with Crippen LogP contribution in [-0.2, 0) is 19.1 Å². The van der Waals surface area contributed by atoms with Crippen LogP contribution in [0.25, 0.3) is 0 Å². The Labute approximate surface area is 197 Å². The first-order valence-electron chi connectivity index (χ1n) is 11.6. The van der Waals surface area contributed by atoms with Gasteiger partial charge in [0.25, 0.3) is 0 Å². The van der Waals surface area contributed by atoms with Gasteiger partial charge in [-0.05, 0) is 56.1 Å². The normalized spacial score (nSPS) is 48.4. The number of aliphatic hydroxyl groups excluding tert-OH is 1. The van der Waals surface area contributed by atoms with Gasteiger partial charge in [0, 0.05) is 29.1 Å². The minimum Gasteiger partial charge on any atom is -0.449 e. The molecule has 4 aliphatic carbocycles. The minimum absolute atomic E-state index is 0.0614. The quantitative estimate of drug-likeness (QED) is 0.610. The van der Waals surface area contributed by atoms with Crippen molar-refractivity contribution >= 4 is 28.6 Å². The van der Waals surface area contributed by atoms with Crippen LogP contribution in [0, 0.1) is 28.6 Å². The number of ether oxygens (including phenoxy) is 1. The summed E-state index contributed by atoms with van der Waals surface area (Å²) >= 11 is 0.956. The van der Waals surface area contributed by atoms with Gasteiger partial charge in [-0.25, -0.2) is 8.78 Å². The fraction of sp³-hybridized carbons (Fsp3) is 0.720. The van der Waals surface area contributed by atoms with Crippen LogP contribution in [0.1, 0.15) is 53.4 Å². The van der Waals surface area contributed by atoms with Crippen molar-refractivity contribution in [3.05, 3.63) is 23.8 Å². The van der Waals surface area contributed by atoms with E-state index in [-0.39, 0.29) is 30.0 Å². The van der Waals surface area contributed by atoms with Crippen LogP contribution in [0.15, 0.2) is 23.8 Å². The molecule has 0 aromatic carbocycles. The van der Waals surface area contributed by atoms with Gasteiger partial charge in [-0.2, -0.15) is 0 Å². The van der Waals surface area contributed by atoms with Gasteiger partial charge < -0.3 is 9.84 Å². The lowest BCUT2D eigenvalue weighted by atomic mass is 9.44. The molecule has 3 saturated carbocycles. The number of ketones is 1. The van der Waals surface area contributed by atoms with Crippen molar-refractivity contribution in [2.24, 2.45) is 28.6 Å². The van der Waals surface area contributed by atoms with E-state index in [1.54, 1.807) is 27.0 Å². The van der Waals surface area contributed by atoms with E-state index in [4.69, 9.17) is 4.74 Å². The van der Waals surface area contributed by atoms with E-state index in [0.29, 0.717) is 6.42 Å². The zero-order valence-electron chi connectivity index (χ0n) is 19.7. The number of allylic oxidation sites excluding steroid dienone is 4. The van der Waals surface area contributed by atoms with Gasteiger partial charge in [0.05, 0.1) is 6.10 Å². The van der Waals surface area contributed by atoms with E-state index < -0.39 is 63.9 Å². The molecule has 0 saturated heterocycles. The molecule has 33 heavy (non-hydrogen) atoms. The van der Waals surface area contributed by atoms with Crippen LogP contribution in [0.4, 0.5) is 8.78 Å². The maximum Gasteiger partial charge on any atom is 0.306 e. The summed E-state index contributed by atoms with van der Waals surface area (Å²) < 4.78 is 38.6. The van der Waals surface area contributed by atoms with Gasteiger partial charge in [0.1, 0.15) is 6.17 Å². The van der Waals surface area contributed by atoms with Crippen molar-refractivity contribution in [2.45, 2.75) is 76.9 Å².